The molecule has 0 fully saturated rings. The predicted molar refractivity (Wildman–Crippen MR) is 76.6 cm³/mol. The Bertz CT molecular complexity index is 626. The fraction of sp³-hybridized carbons (Fsp3) is 0.188. The van der Waals surface area contributed by atoms with Gasteiger partial charge in [0, 0.05) is 24.2 Å². The second-order valence-corrected chi connectivity index (χ2v) is 4.63. The molecule has 0 saturated heterocycles. The lowest BCUT2D eigenvalue weighted by atomic mass is 10.1. The summed E-state index contributed by atoms with van der Waals surface area (Å²) >= 11 is 0. The van der Waals surface area contributed by atoms with Gasteiger partial charge in [-0.05, 0) is 30.2 Å². The molecule has 3 nitrogen and oxygen atoms in total. The van der Waals surface area contributed by atoms with Crippen LogP contribution in [0.15, 0.2) is 42.5 Å². The Morgan fingerprint density at radius 1 is 1.25 bits per heavy atom. The third-order valence-corrected chi connectivity index (χ3v) is 3.18. The second kappa shape index (κ2) is 6.30. The number of rotatable bonds is 4. The standard InChI is InChI=1S/C16H17FN2O/c1-11-4-2-3-5-14(11)16(20)19-10-13-7-6-12(9-18)8-15(13)17/h2-8H,9-10,18H2,1H3,(H,19,20). The number of hydrogen-bond donors (Lipinski definition) is 2. The van der Waals surface area contributed by atoms with E-state index in [2.05, 4.69) is 5.32 Å². The Kier molecular flexibility index (Phi) is 4.48. The van der Waals surface area contributed by atoms with E-state index in [9.17, 15) is 9.18 Å². The smallest absolute Gasteiger partial charge is 0.251 e. The molecule has 3 N–H and O–H groups in total. The maximum Gasteiger partial charge on any atom is 0.251 e. The molecule has 0 atom stereocenters. The molecule has 0 bridgehead atoms. The fourth-order valence-electron chi connectivity index (χ4n) is 1.96. The van der Waals surface area contributed by atoms with Gasteiger partial charge in [-0.3, -0.25) is 4.79 Å². The van der Waals surface area contributed by atoms with Crippen LogP contribution < -0.4 is 11.1 Å². The van der Waals surface area contributed by atoms with Crippen molar-refractivity contribution < 1.29 is 9.18 Å². The summed E-state index contributed by atoms with van der Waals surface area (Å²) < 4.78 is 13.8. The number of hydrogen-bond acceptors (Lipinski definition) is 2. The van der Waals surface area contributed by atoms with Crippen LogP contribution in [0.5, 0.6) is 0 Å². The van der Waals surface area contributed by atoms with E-state index in [0.29, 0.717) is 17.7 Å². The third kappa shape index (κ3) is 3.22. The number of amides is 1. The molecule has 0 spiro atoms. The molecule has 4 heteroatoms. The van der Waals surface area contributed by atoms with E-state index < -0.39 is 0 Å². The van der Waals surface area contributed by atoms with Crippen molar-refractivity contribution in [2.45, 2.75) is 20.0 Å². The molecule has 0 heterocycles. The monoisotopic (exact) mass is 272 g/mol. The van der Waals surface area contributed by atoms with Crippen LogP contribution in [-0.4, -0.2) is 5.91 Å². The Hall–Kier alpha value is -2.20. The average molecular weight is 272 g/mol. The molecule has 20 heavy (non-hydrogen) atoms. The first-order valence-corrected chi connectivity index (χ1v) is 6.43. The number of halogens is 1. The van der Waals surface area contributed by atoms with Crippen molar-refractivity contribution in [2.24, 2.45) is 5.73 Å². The van der Waals surface area contributed by atoms with Crippen LogP contribution in [-0.2, 0) is 13.1 Å². The number of carbonyl (C=O) groups excluding carboxylic acids is 1. The maximum atomic E-state index is 13.8. The lowest BCUT2D eigenvalue weighted by Crippen LogP contribution is -2.24. The third-order valence-electron chi connectivity index (χ3n) is 3.18. The Balaban J connectivity index is 2.06. The first-order valence-electron chi connectivity index (χ1n) is 6.43. The second-order valence-electron chi connectivity index (χ2n) is 4.63. The minimum atomic E-state index is -0.349. The Morgan fingerprint density at radius 2 is 2.00 bits per heavy atom. The highest BCUT2D eigenvalue weighted by atomic mass is 19.1. The van der Waals surface area contributed by atoms with Gasteiger partial charge in [0.2, 0.25) is 0 Å². The number of nitrogens with two attached hydrogens (primary N) is 1. The van der Waals surface area contributed by atoms with Crippen molar-refractivity contribution in [3.8, 4) is 0 Å². The summed E-state index contributed by atoms with van der Waals surface area (Å²) in [5.41, 5.74) is 8.12. The molecule has 2 aromatic carbocycles. The van der Waals surface area contributed by atoms with Crippen molar-refractivity contribution in [1.29, 1.82) is 0 Å². The topological polar surface area (TPSA) is 55.1 Å². The summed E-state index contributed by atoms with van der Waals surface area (Å²) in [7, 11) is 0. The lowest BCUT2D eigenvalue weighted by molar-refractivity contribution is 0.0950. The van der Waals surface area contributed by atoms with E-state index in [1.54, 1.807) is 24.3 Å². The lowest BCUT2D eigenvalue weighted by Gasteiger charge is -2.09. The Labute approximate surface area is 117 Å². The van der Waals surface area contributed by atoms with Crippen molar-refractivity contribution in [3.05, 3.63) is 70.5 Å². The summed E-state index contributed by atoms with van der Waals surface area (Å²) in [6, 6.07) is 12.1. The molecular formula is C16H17FN2O. The van der Waals surface area contributed by atoms with Gasteiger partial charge in [0.15, 0.2) is 0 Å². The van der Waals surface area contributed by atoms with Gasteiger partial charge in [-0.2, -0.15) is 0 Å². The summed E-state index contributed by atoms with van der Waals surface area (Å²) in [4.78, 5) is 12.0. The average Bonchev–Trinajstić information content (AvgIpc) is 2.46. The first kappa shape index (κ1) is 14.2. The van der Waals surface area contributed by atoms with Gasteiger partial charge >= 0.3 is 0 Å². The van der Waals surface area contributed by atoms with Gasteiger partial charge in [-0.1, -0.05) is 30.3 Å². The van der Waals surface area contributed by atoms with Gasteiger partial charge in [-0.15, -0.1) is 0 Å². The van der Waals surface area contributed by atoms with Crippen molar-refractivity contribution in [3.63, 3.8) is 0 Å². The maximum absolute atomic E-state index is 13.8. The van der Waals surface area contributed by atoms with Crippen molar-refractivity contribution in [2.75, 3.05) is 0 Å². The molecule has 0 unspecified atom stereocenters. The van der Waals surface area contributed by atoms with E-state index in [1.807, 2.05) is 19.1 Å². The minimum Gasteiger partial charge on any atom is -0.348 e. The molecule has 0 aliphatic carbocycles. The van der Waals surface area contributed by atoms with E-state index in [1.165, 1.54) is 6.07 Å². The fourth-order valence-corrected chi connectivity index (χ4v) is 1.96. The first-order chi connectivity index (χ1) is 9.61. The van der Waals surface area contributed by atoms with Crippen molar-refractivity contribution in [1.82, 2.24) is 5.32 Å². The highest BCUT2D eigenvalue weighted by Gasteiger charge is 2.09. The molecule has 2 rings (SSSR count). The highest BCUT2D eigenvalue weighted by molar-refractivity contribution is 5.95. The number of carbonyl (C=O) groups is 1. The van der Waals surface area contributed by atoms with Gasteiger partial charge in [0.1, 0.15) is 5.82 Å². The zero-order chi connectivity index (χ0) is 14.5. The summed E-state index contributed by atoms with van der Waals surface area (Å²) in [6.07, 6.45) is 0. The molecule has 0 aliphatic heterocycles. The highest BCUT2D eigenvalue weighted by Crippen LogP contribution is 2.11. The molecule has 0 saturated carbocycles. The Morgan fingerprint density at radius 3 is 2.65 bits per heavy atom. The quantitative estimate of drug-likeness (QED) is 0.898. The normalized spacial score (nSPS) is 10.3. The van der Waals surface area contributed by atoms with Crippen LogP contribution in [0.1, 0.15) is 27.0 Å². The number of aryl methyl sites for hydroxylation is 1. The molecule has 2 aromatic rings. The van der Waals surface area contributed by atoms with Gasteiger partial charge < -0.3 is 11.1 Å². The van der Waals surface area contributed by atoms with Crippen LogP contribution in [0.4, 0.5) is 4.39 Å². The zero-order valence-electron chi connectivity index (χ0n) is 11.3. The predicted octanol–water partition coefficient (Wildman–Crippen LogP) is 2.52. The summed E-state index contributed by atoms with van der Waals surface area (Å²) in [5.74, 6) is -0.552. The SMILES string of the molecule is Cc1ccccc1C(=O)NCc1ccc(CN)cc1F. The van der Waals surface area contributed by atoms with Gasteiger partial charge in [0.05, 0.1) is 0 Å². The summed E-state index contributed by atoms with van der Waals surface area (Å²) in [5, 5.41) is 2.72. The van der Waals surface area contributed by atoms with Crippen LogP contribution in [0.2, 0.25) is 0 Å². The molecule has 104 valence electrons. The van der Waals surface area contributed by atoms with E-state index >= 15 is 0 Å². The molecule has 0 aliphatic rings. The van der Waals surface area contributed by atoms with Gasteiger partial charge in [-0.25, -0.2) is 4.39 Å². The number of nitrogens with one attached hydrogen (secondary N) is 1. The van der Waals surface area contributed by atoms with Crippen LogP contribution in [0.3, 0.4) is 0 Å². The van der Waals surface area contributed by atoms with E-state index in [-0.39, 0.29) is 18.3 Å². The van der Waals surface area contributed by atoms with E-state index in [0.717, 1.165) is 11.1 Å². The van der Waals surface area contributed by atoms with Crippen LogP contribution >= 0.6 is 0 Å². The largest absolute Gasteiger partial charge is 0.348 e. The van der Waals surface area contributed by atoms with Crippen LogP contribution in [0.25, 0.3) is 0 Å². The molecular weight excluding hydrogens is 255 g/mol. The molecule has 1 amide bonds. The number of benzene rings is 2. The minimum absolute atomic E-state index is 0.157. The molecule has 0 radical (unpaired) electrons. The van der Waals surface area contributed by atoms with Gasteiger partial charge in [0.25, 0.3) is 5.91 Å². The van der Waals surface area contributed by atoms with Crippen molar-refractivity contribution >= 4 is 5.91 Å². The van der Waals surface area contributed by atoms with Crippen LogP contribution in [0, 0.1) is 12.7 Å². The summed E-state index contributed by atoms with van der Waals surface area (Å²) in [6.45, 7) is 2.32. The molecule has 0 aromatic heterocycles. The van der Waals surface area contributed by atoms with E-state index in [4.69, 9.17) is 5.73 Å². The zero-order valence-corrected chi connectivity index (χ0v) is 11.3.